The number of hydrogen-bond donors (Lipinski definition) is 1. The molecule has 0 spiro atoms. The summed E-state index contributed by atoms with van der Waals surface area (Å²) in [7, 11) is -2.85. The van der Waals surface area contributed by atoms with Crippen molar-refractivity contribution >= 4 is 21.4 Å². The standard InChI is InChI=1S/C8H11F2NO3S2/c1-11(4-8(9)10)16(13,14)7-2-3-15-6(7)5-12/h2-3,8,12H,4-5H2,1H3. The maximum absolute atomic E-state index is 12.1. The first-order valence-corrected chi connectivity index (χ1v) is 6.63. The predicted octanol–water partition coefficient (Wildman–Crippen LogP) is 1.13. The van der Waals surface area contributed by atoms with Gasteiger partial charge in [-0.25, -0.2) is 17.2 Å². The molecule has 4 nitrogen and oxygen atoms in total. The van der Waals surface area contributed by atoms with Crippen LogP contribution in [-0.2, 0) is 16.6 Å². The van der Waals surface area contributed by atoms with Crippen LogP contribution in [0.2, 0.25) is 0 Å². The highest BCUT2D eigenvalue weighted by Crippen LogP contribution is 2.24. The van der Waals surface area contributed by atoms with Gasteiger partial charge in [0, 0.05) is 11.9 Å². The van der Waals surface area contributed by atoms with Gasteiger partial charge in [-0.15, -0.1) is 11.3 Å². The molecule has 1 aromatic rings. The Kier molecular flexibility index (Phi) is 4.36. The Bertz CT molecular complexity index is 444. The van der Waals surface area contributed by atoms with E-state index in [0.717, 1.165) is 18.4 Å². The Labute approximate surface area is 96.2 Å². The minimum atomic E-state index is -3.93. The number of nitrogens with zero attached hydrogens (tertiary/aromatic N) is 1. The lowest BCUT2D eigenvalue weighted by Gasteiger charge is -2.16. The van der Waals surface area contributed by atoms with Crippen LogP contribution in [0.3, 0.4) is 0 Å². The zero-order valence-corrected chi connectivity index (χ0v) is 10.1. The second-order valence-electron chi connectivity index (χ2n) is 3.04. The van der Waals surface area contributed by atoms with Gasteiger partial charge in [0.05, 0.1) is 18.0 Å². The van der Waals surface area contributed by atoms with Gasteiger partial charge >= 0.3 is 0 Å². The van der Waals surface area contributed by atoms with Crippen LogP contribution < -0.4 is 0 Å². The van der Waals surface area contributed by atoms with Crippen LogP contribution >= 0.6 is 11.3 Å². The van der Waals surface area contributed by atoms with E-state index >= 15 is 0 Å². The molecular formula is C8H11F2NO3S2. The topological polar surface area (TPSA) is 57.6 Å². The molecule has 0 unspecified atom stereocenters. The van der Waals surface area contributed by atoms with Gasteiger partial charge in [0.2, 0.25) is 10.0 Å². The lowest BCUT2D eigenvalue weighted by molar-refractivity contribution is 0.126. The Hall–Kier alpha value is -0.570. The summed E-state index contributed by atoms with van der Waals surface area (Å²) in [5.41, 5.74) is 0. The summed E-state index contributed by atoms with van der Waals surface area (Å²) in [5, 5.41) is 10.4. The molecule has 1 rings (SSSR count). The molecule has 0 saturated heterocycles. The summed E-state index contributed by atoms with van der Waals surface area (Å²) < 4.78 is 48.3. The summed E-state index contributed by atoms with van der Waals surface area (Å²) in [6.07, 6.45) is -2.73. The van der Waals surface area contributed by atoms with Gasteiger partial charge in [-0.3, -0.25) is 0 Å². The number of sulfonamides is 1. The second-order valence-corrected chi connectivity index (χ2v) is 6.06. The van der Waals surface area contributed by atoms with Crippen LogP contribution in [0.1, 0.15) is 4.88 Å². The number of rotatable bonds is 5. The van der Waals surface area contributed by atoms with E-state index < -0.39 is 29.6 Å². The molecular weight excluding hydrogens is 260 g/mol. The molecule has 0 saturated carbocycles. The number of hydrogen-bond acceptors (Lipinski definition) is 4. The molecule has 92 valence electrons. The molecule has 1 heterocycles. The smallest absolute Gasteiger partial charge is 0.252 e. The molecule has 0 aliphatic heterocycles. The number of thiophene rings is 1. The Balaban J connectivity index is 3.02. The van der Waals surface area contributed by atoms with E-state index in [9.17, 15) is 17.2 Å². The molecule has 8 heteroatoms. The summed E-state index contributed by atoms with van der Waals surface area (Å²) in [5.74, 6) is 0. The third-order valence-corrected chi connectivity index (χ3v) is 4.87. The maximum atomic E-state index is 12.1. The molecule has 0 atom stereocenters. The Morgan fingerprint density at radius 1 is 1.56 bits per heavy atom. The van der Waals surface area contributed by atoms with E-state index in [4.69, 9.17) is 5.11 Å². The maximum Gasteiger partial charge on any atom is 0.252 e. The van der Waals surface area contributed by atoms with Crippen molar-refractivity contribution in [3.05, 3.63) is 16.3 Å². The lowest BCUT2D eigenvalue weighted by atomic mass is 10.5. The zero-order chi connectivity index (χ0) is 12.3. The van der Waals surface area contributed by atoms with E-state index in [0.29, 0.717) is 4.31 Å². The first-order valence-electron chi connectivity index (χ1n) is 4.31. The van der Waals surface area contributed by atoms with E-state index in [1.807, 2.05) is 0 Å². The molecule has 0 fully saturated rings. The van der Waals surface area contributed by atoms with Gasteiger partial charge in [-0.2, -0.15) is 4.31 Å². The molecule has 1 aromatic heterocycles. The SMILES string of the molecule is CN(CC(F)F)S(=O)(=O)c1ccsc1CO. The second kappa shape index (κ2) is 5.17. The largest absolute Gasteiger partial charge is 0.391 e. The van der Waals surface area contributed by atoms with Gasteiger partial charge in [0.25, 0.3) is 6.43 Å². The van der Waals surface area contributed by atoms with Crippen molar-refractivity contribution in [1.82, 2.24) is 4.31 Å². The fraction of sp³-hybridized carbons (Fsp3) is 0.500. The molecule has 0 radical (unpaired) electrons. The summed E-state index contributed by atoms with van der Waals surface area (Å²) in [4.78, 5) is 0.143. The molecule has 0 aliphatic rings. The molecule has 16 heavy (non-hydrogen) atoms. The van der Waals surface area contributed by atoms with Gasteiger partial charge in [0.1, 0.15) is 0 Å². The monoisotopic (exact) mass is 271 g/mol. The highest BCUT2D eigenvalue weighted by molar-refractivity contribution is 7.89. The van der Waals surface area contributed by atoms with Crippen LogP contribution in [-0.4, -0.2) is 37.8 Å². The number of alkyl halides is 2. The predicted molar refractivity (Wildman–Crippen MR) is 56.1 cm³/mol. The van der Waals surface area contributed by atoms with E-state index in [-0.39, 0.29) is 9.77 Å². The quantitative estimate of drug-likeness (QED) is 0.873. The van der Waals surface area contributed by atoms with Gasteiger partial charge in [-0.05, 0) is 11.4 Å². The van der Waals surface area contributed by atoms with E-state index in [1.54, 1.807) is 0 Å². The third-order valence-electron chi connectivity index (χ3n) is 1.93. The van der Waals surface area contributed by atoms with Gasteiger partial charge < -0.3 is 5.11 Å². The van der Waals surface area contributed by atoms with Crippen molar-refractivity contribution in [2.75, 3.05) is 13.6 Å². The first-order chi connectivity index (χ1) is 7.39. The van der Waals surface area contributed by atoms with Crippen LogP contribution in [0.25, 0.3) is 0 Å². The lowest BCUT2D eigenvalue weighted by Crippen LogP contribution is -2.31. The van der Waals surface area contributed by atoms with Crippen LogP contribution in [0, 0.1) is 0 Å². The minimum Gasteiger partial charge on any atom is -0.391 e. The Morgan fingerprint density at radius 2 is 2.19 bits per heavy atom. The highest BCUT2D eigenvalue weighted by Gasteiger charge is 2.26. The summed E-state index contributed by atoms with van der Waals surface area (Å²) in [6, 6.07) is 1.30. The molecule has 0 aliphatic carbocycles. The third kappa shape index (κ3) is 2.76. The fourth-order valence-electron chi connectivity index (χ4n) is 1.13. The average Bonchev–Trinajstić information content (AvgIpc) is 2.64. The summed E-state index contributed by atoms with van der Waals surface area (Å²) >= 11 is 1.07. The Morgan fingerprint density at radius 3 is 2.69 bits per heavy atom. The van der Waals surface area contributed by atoms with Crippen LogP contribution in [0.4, 0.5) is 8.78 Å². The van der Waals surface area contributed by atoms with Crippen molar-refractivity contribution in [3.63, 3.8) is 0 Å². The summed E-state index contributed by atoms with van der Waals surface area (Å²) in [6.45, 7) is -1.28. The zero-order valence-electron chi connectivity index (χ0n) is 8.43. The molecule has 0 aromatic carbocycles. The molecule has 0 amide bonds. The van der Waals surface area contributed by atoms with E-state index in [2.05, 4.69) is 0 Å². The molecule has 0 bridgehead atoms. The minimum absolute atomic E-state index is 0.108. The van der Waals surface area contributed by atoms with Crippen LogP contribution in [0.15, 0.2) is 16.3 Å². The van der Waals surface area contributed by atoms with E-state index in [1.165, 1.54) is 11.4 Å². The van der Waals surface area contributed by atoms with Gasteiger partial charge in [0.15, 0.2) is 0 Å². The average molecular weight is 271 g/mol. The number of aliphatic hydroxyl groups excluding tert-OH is 1. The molecule has 1 N–H and O–H groups in total. The fourth-order valence-corrected chi connectivity index (χ4v) is 3.54. The first kappa shape index (κ1) is 13.5. The van der Waals surface area contributed by atoms with Crippen molar-refractivity contribution in [2.45, 2.75) is 17.9 Å². The van der Waals surface area contributed by atoms with Crippen molar-refractivity contribution in [1.29, 1.82) is 0 Å². The van der Waals surface area contributed by atoms with Gasteiger partial charge in [-0.1, -0.05) is 0 Å². The highest BCUT2D eigenvalue weighted by atomic mass is 32.2. The van der Waals surface area contributed by atoms with Crippen molar-refractivity contribution in [3.8, 4) is 0 Å². The number of aliphatic hydroxyl groups is 1. The van der Waals surface area contributed by atoms with Crippen molar-refractivity contribution in [2.24, 2.45) is 0 Å². The normalized spacial score (nSPS) is 12.6. The number of halogens is 2. The van der Waals surface area contributed by atoms with Crippen molar-refractivity contribution < 1.29 is 22.3 Å². The van der Waals surface area contributed by atoms with Crippen LogP contribution in [0.5, 0.6) is 0 Å².